The summed E-state index contributed by atoms with van der Waals surface area (Å²) >= 11 is 0. The van der Waals surface area contributed by atoms with Crippen LogP contribution in [0.2, 0.25) is 0 Å². The summed E-state index contributed by atoms with van der Waals surface area (Å²) in [6.45, 7) is 10.1. The molecule has 3 rings (SSSR count). The number of methoxy groups -OCH3 is 2. The van der Waals surface area contributed by atoms with Crippen LogP contribution < -0.4 is 0 Å². The predicted molar refractivity (Wildman–Crippen MR) is 109 cm³/mol. The average molecular weight is 428 g/mol. The Morgan fingerprint density at radius 2 is 1.74 bits per heavy atom. The van der Waals surface area contributed by atoms with E-state index in [1.165, 1.54) is 20.4 Å². The topological polar surface area (TPSA) is 149 Å². The normalized spacial score (nSPS) is 12.1. The summed E-state index contributed by atoms with van der Waals surface area (Å²) in [6.07, 6.45) is 1.21. The van der Waals surface area contributed by atoms with Crippen LogP contribution in [0.25, 0.3) is 5.65 Å². The number of H-pyrrole nitrogens is 1. The SMILES string of the molecule is COC(=O)c1ncc(N=Nc2c(C(C)(C)C)nn3c(C(C)C)n[nH]c23)nc1C(=O)OC. The number of esters is 2. The molecule has 164 valence electrons. The molecule has 0 aliphatic rings. The number of hydrogen-bond donors (Lipinski definition) is 1. The monoisotopic (exact) mass is 428 g/mol. The number of nitrogens with zero attached hydrogens (tertiary/aromatic N) is 7. The van der Waals surface area contributed by atoms with Gasteiger partial charge in [0.15, 0.2) is 34.4 Å². The number of rotatable bonds is 5. The van der Waals surface area contributed by atoms with Crippen molar-refractivity contribution in [2.45, 2.75) is 46.0 Å². The number of hydrogen-bond acceptors (Lipinski definition) is 10. The van der Waals surface area contributed by atoms with Gasteiger partial charge in [-0.1, -0.05) is 34.6 Å². The van der Waals surface area contributed by atoms with Gasteiger partial charge in [-0.15, -0.1) is 10.2 Å². The highest BCUT2D eigenvalue weighted by Gasteiger charge is 2.28. The first kappa shape index (κ1) is 22.0. The molecule has 1 N–H and O–H groups in total. The summed E-state index contributed by atoms with van der Waals surface area (Å²) in [7, 11) is 2.34. The Hall–Kier alpha value is -3.70. The zero-order valence-electron chi connectivity index (χ0n) is 18.4. The minimum absolute atomic E-state index is 0.0101. The van der Waals surface area contributed by atoms with Gasteiger partial charge in [-0.3, -0.25) is 5.10 Å². The Kier molecular flexibility index (Phi) is 5.82. The lowest BCUT2D eigenvalue weighted by molar-refractivity contribution is 0.0544. The molecule has 3 aromatic rings. The second kappa shape index (κ2) is 8.20. The van der Waals surface area contributed by atoms with Crippen molar-refractivity contribution in [3.05, 3.63) is 29.1 Å². The lowest BCUT2D eigenvalue weighted by Gasteiger charge is -2.15. The molecule has 3 aromatic heterocycles. The van der Waals surface area contributed by atoms with Crippen LogP contribution in [0, 0.1) is 0 Å². The number of ether oxygens (including phenoxy) is 2. The van der Waals surface area contributed by atoms with Gasteiger partial charge in [0.25, 0.3) is 0 Å². The molecule has 12 nitrogen and oxygen atoms in total. The van der Waals surface area contributed by atoms with Gasteiger partial charge in [0.2, 0.25) is 0 Å². The van der Waals surface area contributed by atoms with Gasteiger partial charge < -0.3 is 9.47 Å². The highest BCUT2D eigenvalue weighted by atomic mass is 16.5. The van der Waals surface area contributed by atoms with Crippen molar-refractivity contribution < 1.29 is 19.1 Å². The predicted octanol–water partition coefficient (Wildman–Crippen LogP) is 3.26. The molecule has 0 bridgehead atoms. The molecule has 31 heavy (non-hydrogen) atoms. The first-order valence-corrected chi connectivity index (χ1v) is 9.51. The van der Waals surface area contributed by atoms with Gasteiger partial charge >= 0.3 is 11.9 Å². The number of aromatic nitrogens is 6. The van der Waals surface area contributed by atoms with Crippen LogP contribution in [0.1, 0.15) is 73.0 Å². The van der Waals surface area contributed by atoms with Crippen molar-refractivity contribution >= 4 is 29.1 Å². The molecule has 0 atom stereocenters. The van der Waals surface area contributed by atoms with Crippen molar-refractivity contribution in [3.8, 4) is 0 Å². The Labute approximate surface area is 178 Å². The lowest BCUT2D eigenvalue weighted by Crippen LogP contribution is -2.15. The smallest absolute Gasteiger partial charge is 0.359 e. The Balaban J connectivity index is 2.11. The number of carbonyl (C=O) groups excluding carboxylic acids is 2. The molecule has 3 heterocycles. The standard InChI is InChI=1S/C19H24N8O4/c1-9(2)15-24-25-16-13(14(19(3,4)5)26-27(15)16)23-22-10-8-20-11(17(28)30-6)12(21-10)18(29)31-7/h8-9,25H,1-7H3. The van der Waals surface area contributed by atoms with E-state index in [4.69, 9.17) is 0 Å². The molecule has 0 radical (unpaired) electrons. The first-order chi connectivity index (χ1) is 14.6. The molecule has 0 saturated carbocycles. The van der Waals surface area contributed by atoms with Crippen LogP contribution in [0.15, 0.2) is 16.4 Å². The number of aromatic amines is 1. The molecule has 12 heteroatoms. The molecule has 0 aliphatic heterocycles. The Morgan fingerprint density at radius 1 is 1.10 bits per heavy atom. The van der Waals surface area contributed by atoms with Crippen LogP contribution in [0.5, 0.6) is 0 Å². The minimum atomic E-state index is -0.844. The van der Waals surface area contributed by atoms with Crippen LogP contribution in [0.3, 0.4) is 0 Å². The zero-order chi connectivity index (χ0) is 22.9. The maximum Gasteiger partial charge on any atom is 0.359 e. The van der Waals surface area contributed by atoms with E-state index in [2.05, 4.69) is 45.0 Å². The zero-order valence-corrected chi connectivity index (χ0v) is 18.4. The third-order valence-electron chi connectivity index (χ3n) is 4.35. The average Bonchev–Trinajstić information content (AvgIpc) is 3.30. The van der Waals surface area contributed by atoms with E-state index >= 15 is 0 Å². The van der Waals surface area contributed by atoms with Gasteiger partial charge in [0.05, 0.1) is 26.1 Å². The van der Waals surface area contributed by atoms with E-state index < -0.39 is 11.9 Å². The molecule has 0 spiro atoms. The number of azo groups is 1. The molecule has 0 fully saturated rings. The largest absolute Gasteiger partial charge is 0.464 e. The van der Waals surface area contributed by atoms with E-state index in [-0.39, 0.29) is 28.5 Å². The van der Waals surface area contributed by atoms with Gasteiger partial charge in [0, 0.05) is 11.3 Å². The van der Waals surface area contributed by atoms with E-state index in [9.17, 15) is 9.59 Å². The fourth-order valence-corrected chi connectivity index (χ4v) is 2.82. The van der Waals surface area contributed by atoms with Gasteiger partial charge in [0.1, 0.15) is 0 Å². The van der Waals surface area contributed by atoms with Crippen LogP contribution in [-0.4, -0.2) is 55.9 Å². The number of fused-ring (bicyclic) bond motifs is 1. The second-order valence-corrected chi connectivity index (χ2v) is 8.05. The van der Waals surface area contributed by atoms with Crippen molar-refractivity contribution in [1.29, 1.82) is 0 Å². The quantitative estimate of drug-likeness (QED) is 0.481. The minimum Gasteiger partial charge on any atom is -0.464 e. The van der Waals surface area contributed by atoms with Crippen molar-refractivity contribution in [3.63, 3.8) is 0 Å². The van der Waals surface area contributed by atoms with Gasteiger partial charge in [-0.05, 0) is 0 Å². The van der Waals surface area contributed by atoms with Crippen LogP contribution in [0.4, 0.5) is 11.5 Å². The summed E-state index contributed by atoms with van der Waals surface area (Å²) in [5.41, 5.74) is 0.874. The van der Waals surface area contributed by atoms with Gasteiger partial charge in [-0.25, -0.2) is 19.6 Å². The molecule has 0 aromatic carbocycles. The molecule has 0 saturated heterocycles. The number of nitrogens with one attached hydrogen (secondary N) is 1. The van der Waals surface area contributed by atoms with Crippen molar-refractivity contribution in [2.75, 3.05) is 14.2 Å². The van der Waals surface area contributed by atoms with E-state index in [0.717, 1.165) is 5.82 Å². The summed E-state index contributed by atoms with van der Waals surface area (Å²) in [4.78, 5) is 31.9. The van der Waals surface area contributed by atoms with E-state index in [0.29, 0.717) is 17.0 Å². The second-order valence-electron chi connectivity index (χ2n) is 8.05. The van der Waals surface area contributed by atoms with Gasteiger partial charge in [-0.2, -0.15) is 14.7 Å². The maximum absolute atomic E-state index is 12.0. The summed E-state index contributed by atoms with van der Waals surface area (Å²) in [6, 6.07) is 0. The summed E-state index contributed by atoms with van der Waals surface area (Å²) < 4.78 is 11.0. The summed E-state index contributed by atoms with van der Waals surface area (Å²) in [5, 5.41) is 20.4. The molecular formula is C19H24N8O4. The Morgan fingerprint density at radius 3 is 2.32 bits per heavy atom. The number of carbonyl (C=O) groups is 2. The molecule has 0 amide bonds. The molecule has 0 aliphatic carbocycles. The lowest BCUT2D eigenvalue weighted by atomic mass is 9.91. The van der Waals surface area contributed by atoms with E-state index in [1.807, 2.05) is 34.6 Å². The maximum atomic E-state index is 12.0. The molecular weight excluding hydrogens is 404 g/mol. The highest BCUT2D eigenvalue weighted by Crippen LogP contribution is 2.35. The fourth-order valence-electron chi connectivity index (χ4n) is 2.82. The van der Waals surface area contributed by atoms with E-state index in [1.54, 1.807) is 4.52 Å². The third kappa shape index (κ3) is 4.13. The fraction of sp³-hybridized carbons (Fsp3) is 0.474. The highest BCUT2D eigenvalue weighted by molar-refractivity contribution is 6.00. The molecule has 0 unspecified atom stereocenters. The van der Waals surface area contributed by atoms with Crippen molar-refractivity contribution in [1.82, 2.24) is 29.8 Å². The first-order valence-electron chi connectivity index (χ1n) is 9.51. The van der Waals surface area contributed by atoms with Crippen LogP contribution >= 0.6 is 0 Å². The van der Waals surface area contributed by atoms with Crippen LogP contribution in [-0.2, 0) is 14.9 Å². The Bertz CT molecular complexity index is 1170. The third-order valence-corrected chi connectivity index (χ3v) is 4.35. The summed E-state index contributed by atoms with van der Waals surface area (Å²) in [5.74, 6) is -0.745. The van der Waals surface area contributed by atoms with Crippen molar-refractivity contribution in [2.24, 2.45) is 10.2 Å².